The molecule has 0 radical (unpaired) electrons. The molecule has 2 bridgehead atoms. The minimum Gasteiger partial charge on any atom is -0.444 e. The van der Waals surface area contributed by atoms with Gasteiger partial charge in [0.2, 0.25) is 5.91 Å². The molecule has 162 valence electrons. The lowest BCUT2D eigenvalue weighted by molar-refractivity contribution is -0.122. The Labute approximate surface area is 176 Å². The van der Waals surface area contributed by atoms with Gasteiger partial charge in [-0.1, -0.05) is 11.6 Å². The van der Waals surface area contributed by atoms with E-state index in [4.69, 9.17) is 22.1 Å². The van der Waals surface area contributed by atoms with Crippen molar-refractivity contribution >= 4 is 23.6 Å². The molecule has 3 unspecified atom stereocenters. The van der Waals surface area contributed by atoms with Gasteiger partial charge in [0.25, 0.3) is 0 Å². The van der Waals surface area contributed by atoms with Gasteiger partial charge in [-0.05, 0) is 62.5 Å². The molecule has 0 spiro atoms. The maximum atomic E-state index is 15.2. The molecule has 4 atom stereocenters. The van der Waals surface area contributed by atoms with E-state index >= 15 is 13.2 Å². The van der Waals surface area contributed by atoms with Crippen molar-refractivity contribution in [2.24, 2.45) is 17.1 Å². The number of fused-ring (bicyclic) bond motifs is 3. The second-order valence-electron chi connectivity index (χ2n) is 9.32. The number of hydrogen-bond donors (Lipinski definition) is 1. The first-order valence-corrected chi connectivity index (χ1v) is 10.6. The van der Waals surface area contributed by atoms with E-state index in [0.717, 1.165) is 12.1 Å². The topological polar surface area (TPSA) is 72.6 Å². The first-order chi connectivity index (χ1) is 14.1. The number of carbonyl (C=O) groups excluding carboxylic acids is 2. The van der Waals surface area contributed by atoms with Crippen LogP contribution < -0.4 is 5.73 Å². The normalized spacial score (nSPS) is 38.1. The first kappa shape index (κ1) is 20.0. The van der Waals surface area contributed by atoms with E-state index in [1.807, 2.05) is 0 Å². The zero-order chi connectivity index (χ0) is 21.4. The van der Waals surface area contributed by atoms with Crippen LogP contribution in [0.2, 0.25) is 5.02 Å². The molecule has 2 amide bonds. The summed E-state index contributed by atoms with van der Waals surface area (Å²) in [5.74, 6) is -2.77. The SMILES string of the molecule is NC(=O)C1CC2OC(=O)N([C@H](c3c(F)ccc(Cl)c3F)C34CCC(F)(CC3)C4)C2C1. The fourth-order valence-corrected chi connectivity index (χ4v) is 6.50. The number of carbonyl (C=O) groups is 2. The Bertz CT molecular complexity index is 934. The summed E-state index contributed by atoms with van der Waals surface area (Å²) in [5, 5.41) is -0.263. The van der Waals surface area contributed by atoms with E-state index in [9.17, 15) is 9.59 Å². The number of ether oxygens (including phenoxy) is 1. The fraction of sp³-hybridized carbons (Fsp3) is 0.619. The Hall–Kier alpha value is -1.96. The predicted molar refractivity (Wildman–Crippen MR) is 101 cm³/mol. The second kappa shape index (κ2) is 6.52. The quantitative estimate of drug-likeness (QED) is 0.702. The summed E-state index contributed by atoms with van der Waals surface area (Å²) in [5.41, 5.74) is 2.91. The lowest BCUT2D eigenvalue weighted by Crippen LogP contribution is -2.45. The van der Waals surface area contributed by atoms with E-state index < -0.39 is 58.8 Å². The van der Waals surface area contributed by atoms with Crippen molar-refractivity contribution in [2.45, 2.75) is 68.8 Å². The Kier molecular flexibility index (Phi) is 4.34. The molecule has 3 aliphatic carbocycles. The minimum absolute atomic E-state index is 0.122. The van der Waals surface area contributed by atoms with Crippen LogP contribution in [0.25, 0.3) is 0 Å². The van der Waals surface area contributed by atoms with Gasteiger partial charge in [-0.15, -0.1) is 0 Å². The summed E-state index contributed by atoms with van der Waals surface area (Å²) in [6, 6.07) is 0.570. The second-order valence-corrected chi connectivity index (χ2v) is 9.72. The lowest BCUT2D eigenvalue weighted by Gasteiger charge is -2.43. The number of primary amides is 1. The van der Waals surface area contributed by atoms with Crippen molar-refractivity contribution in [3.63, 3.8) is 0 Å². The molecule has 9 heteroatoms. The Morgan fingerprint density at radius 1 is 1.23 bits per heavy atom. The van der Waals surface area contributed by atoms with Gasteiger partial charge in [-0.2, -0.15) is 0 Å². The smallest absolute Gasteiger partial charge is 0.411 e. The van der Waals surface area contributed by atoms with Gasteiger partial charge in [-0.3, -0.25) is 9.69 Å². The highest BCUT2D eigenvalue weighted by Gasteiger charge is 2.64. The average Bonchev–Trinajstić information content (AvgIpc) is 3.40. The van der Waals surface area contributed by atoms with Crippen molar-refractivity contribution < 1.29 is 27.5 Å². The maximum Gasteiger partial charge on any atom is 0.411 e. The zero-order valence-electron chi connectivity index (χ0n) is 16.2. The summed E-state index contributed by atoms with van der Waals surface area (Å²) in [7, 11) is 0. The highest BCUT2D eigenvalue weighted by molar-refractivity contribution is 6.30. The van der Waals surface area contributed by atoms with Crippen LogP contribution in [0.5, 0.6) is 0 Å². The van der Waals surface area contributed by atoms with Crippen LogP contribution in [0.1, 0.15) is 56.6 Å². The van der Waals surface area contributed by atoms with Crippen LogP contribution >= 0.6 is 11.6 Å². The van der Waals surface area contributed by atoms with Crippen LogP contribution in [0.3, 0.4) is 0 Å². The number of halogens is 4. The predicted octanol–water partition coefficient (Wildman–Crippen LogP) is 4.42. The molecule has 2 N–H and O–H groups in total. The van der Waals surface area contributed by atoms with Crippen LogP contribution in [0.15, 0.2) is 12.1 Å². The number of benzene rings is 1. The van der Waals surface area contributed by atoms with Crippen molar-refractivity contribution in [1.82, 2.24) is 4.90 Å². The Morgan fingerprint density at radius 2 is 1.93 bits per heavy atom. The summed E-state index contributed by atoms with van der Waals surface area (Å²) in [6.45, 7) is 0. The third-order valence-electron chi connectivity index (χ3n) is 7.72. The third-order valence-corrected chi connectivity index (χ3v) is 8.01. The van der Waals surface area contributed by atoms with E-state index in [0.29, 0.717) is 12.8 Å². The highest BCUT2D eigenvalue weighted by atomic mass is 35.5. The van der Waals surface area contributed by atoms with E-state index in [-0.39, 0.29) is 42.7 Å². The molecule has 5 nitrogen and oxygen atoms in total. The van der Waals surface area contributed by atoms with Crippen LogP contribution in [0.4, 0.5) is 18.0 Å². The molecule has 1 saturated heterocycles. The monoisotopic (exact) mass is 442 g/mol. The average molecular weight is 443 g/mol. The summed E-state index contributed by atoms with van der Waals surface area (Å²) >= 11 is 5.97. The van der Waals surface area contributed by atoms with Gasteiger partial charge in [0.15, 0.2) is 0 Å². The fourth-order valence-electron chi connectivity index (χ4n) is 6.34. The van der Waals surface area contributed by atoms with Crippen molar-refractivity contribution in [3.8, 4) is 0 Å². The van der Waals surface area contributed by atoms with Crippen molar-refractivity contribution in [3.05, 3.63) is 34.4 Å². The number of hydrogen-bond acceptors (Lipinski definition) is 3. The number of amides is 2. The van der Waals surface area contributed by atoms with E-state index in [1.165, 1.54) is 4.90 Å². The number of rotatable bonds is 4. The van der Waals surface area contributed by atoms with Gasteiger partial charge in [0.1, 0.15) is 23.4 Å². The molecular formula is C21H22ClF3N2O3. The minimum atomic E-state index is -1.39. The Balaban J connectivity index is 1.64. The first-order valence-electron chi connectivity index (χ1n) is 10.2. The number of nitrogens with two attached hydrogens (primary N) is 1. The van der Waals surface area contributed by atoms with Crippen LogP contribution in [0, 0.1) is 23.0 Å². The summed E-state index contributed by atoms with van der Waals surface area (Å²) < 4.78 is 50.8. The highest BCUT2D eigenvalue weighted by Crippen LogP contribution is 2.66. The van der Waals surface area contributed by atoms with Crippen LogP contribution in [-0.4, -0.2) is 34.7 Å². The molecular weight excluding hydrogens is 421 g/mol. The zero-order valence-corrected chi connectivity index (χ0v) is 16.9. The molecule has 5 rings (SSSR count). The third kappa shape index (κ3) is 2.75. The molecule has 1 aromatic rings. The lowest BCUT2D eigenvalue weighted by atomic mass is 9.73. The molecule has 0 aromatic heterocycles. The number of alkyl halides is 1. The summed E-state index contributed by atoms with van der Waals surface area (Å²) in [6.07, 6.45) is 0.739. The van der Waals surface area contributed by atoms with E-state index in [2.05, 4.69) is 0 Å². The molecule has 1 aliphatic heterocycles. The molecule has 4 aliphatic rings. The van der Waals surface area contributed by atoms with Gasteiger partial charge in [0, 0.05) is 11.5 Å². The van der Waals surface area contributed by atoms with E-state index in [1.54, 1.807) is 0 Å². The number of nitrogens with zero attached hydrogens (tertiary/aromatic N) is 1. The summed E-state index contributed by atoms with van der Waals surface area (Å²) in [4.78, 5) is 26.0. The molecule has 4 fully saturated rings. The molecule has 1 heterocycles. The largest absolute Gasteiger partial charge is 0.444 e. The maximum absolute atomic E-state index is 15.2. The molecule has 1 aromatic carbocycles. The standard InChI is InChI=1S/C21H22ClF3N2O3/c22-11-1-2-12(23)15(16(11)24)17(20-3-5-21(25,9-20)6-4-20)27-13-7-10(18(26)28)8-14(13)30-19(27)29/h1-2,10,13-14,17H,3-9H2,(H2,26,28)/t10?,13?,14?,17-,20?,21?/m1/s1. The van der Waals surface area contributed by atoms with Gasteiger partial charge in [-0.25, -0.2) is 18.0 Å². The molecule has 3 saturated carbocycles. The van der Waals surface area contributed by atoms with Crippen molar-refractivity contribution in [2.75, 3.05) is 0 Å². The van der Waals surface area contributed by atoms with Gasteiger partial charge < -0.3 is 10.5 Å². The Morgan fingerprint density at radius 3 is 2.53 bits per heavy atom. The molecule has 30 heavy (non-hydrogen) atoms. The van der Waals surface area contributed by atoms with Crippen LogP contribution in [-0.2, 0) is 9.53 Å². The van der Waals surface area contributed by atoms with Crippen molar-refractivity contribution in [1.29, 1.82) is 0 Å². The van der Waals surface area contributed by atoms with Gasteiger partial charge in [0.05, 0.1) is 17.1 Å². The van der Waals surface area contributed by atoms with Gasteiger partial charge >= 0.3 is 6.09 Å².